The molecule has 0 saturated carbocycles. The highest BCUT2D eigenvalue weighted by Gasteiger charge is 2.17. The van der Waals surface area contributed by atoms with Crippen LogP contribution in [0, 0.1) is 0 Å². The minimum atomic E-state index is -0.480. The van der Waals surface area contributed by atoms with E-state index in [0.717, 1.165) is 32.5 Å². The second kappa shape index (κ2) is 9.33. The number of ether oxygens (including phenoxy) is 2. The summed E-state index contributed by atoms with van der Waals surface area (Å²) >= 11 is 1.73. The summed E-state index contributed by atoms with van der Waals surface area (Å²) in [6.45, 7) is 7.76. The standard InChI is InChI=1S/C16H25NO3S/c1-2-7-17(11-16-6-4-9-21-16)10-14(18)12-19-13-15-5-3-8-20-15/h2,4,6,9,14-15,18H,1,3,5,7-8,10-13H2. The van der Waals surface area contributed by atoms with Gasteiger partial charge in [-0.1, -0.05) is 12.1 Å². The fourth-order valence-corrected chi connectivity index (χ4v) is 3.22. The molecule has 4 nitrogen and oxygen atoms in total. The van der Waals surface area contributed by atoms with Crippen LogP contribution in [-0.2, 0) is 16.0 Å². The van der Waals surface area contributed by atoms with Crippen LogP contribution in [0.4, 0.5) is 0 Å². The molecule has 1 aliphatic rings. The van der Waals surface area contributed by atoms with Gasteiger partial charge in [-0.2, -0.15) is 0 Å². The van der Waals surface area contributed by atoms with Crippen LogP contribution in [0.1, 0.15) is 17.7 Å². The van der Waals surface area contributed by atoms with Crippen molar-refractivity contribution in [3.63, 3.8) is 0 Å². The molecule has 21 heavy (non-hydrogen) atoms. The molecule has 2 rings (SSSR count). The van der Waals surface area contributed by atoms with Crippen LogP contribution in [0.5, 0.6) is 0 Å². The number of nitrogens with zero attached hydrogens (tertiary/aromatic N) is 1. The quantitative estimate of drug-likeness (QED) is 0.673. The second-order valence-corrected chi connectivity index (χ2v) is 6.42. The lowest BCUT2D eigenvalue weighted by Gasteiger charge is -2.23. The van der Waals surface area contributed by atoms with Crippen LogP contribution in [0.3, 0.4) is 0 Å². The first-order chi connectivity index (χ1) is 10.3. The van der Waals surface area contributed by atoms with E-state index in [0.29, 0.717) is 19.8 Å². The third-order valence-electron chi connectivity index (χ3n) is 3.45. The Balaban J connectivity index is 1.67. The maximum absolute atomic E-state index is 10.1. The van der Waals surface area contributed by atoms with Crippen molar-refractivity contribution in [1.29, 1.82) is 0 Å². The molecule has 0 spiro atoms. The molecule has 0 amide bonds. The summed E-state index contributed by atoms with van der Waals surface area (Å²) in [6.07, 6.45) is 3.79. The lowest BCUT2D eigenvalue weighted by Crippen LogP contribution is -2.35. The van der Waals surface area contributed by atoms with Crippen molar-refractivity contribution >= 4 is 11.3 Å². The van der Waals surface area contributed by atoms with Crippen LogP contribution in [-0.4, -0.2) is 55.1 Å². The molecule has 1 fully saturated rings. The van der Waals surface area contributed by atoms with Crippen molar-refractivity contribution in [3.8, 4) is 0 Å². The van der Waals surface area contributed by atoms with Gasteiger partial charge in [-0.05, 0) is 24.3 Å². The van der Waals surface area contributed by atoms with Gasteiger partial charge in [0.2, 0.25) is 0 Å². The molecule has 1 aliphatic heterocycles. The van der Waals surface area contributed by atoms with Crippen molar-refractivity contribution in [2.45, 2.75) is 31.6 Å². The highest BCUT2D eigenvalue weighted by Crippen LogP contribution is 2.13. The Hall–Kier alpha value is -0.720. The van der Waals surface area contributed by atoms with Crippen LogP contribution in [0.25, 0.3) is 0 Å². The molecular weight excluding hydrogens is 286 g/mol. The lowest BCUT2D eigenvalue weighted by atomic mass is 10.2. The number of thiophene rings is 1. The van der Waals surface area contributed by atoms with Gasteiger partial charge in [-0.25, -0.2) is 0 Å². The molecule has 118 valence electrons. The van der Waals surface area contributed by atoms with Gasteiger partial charge < -0.3 is 14.6 Å². The molecule has 0 aliphatic carbocycles. The van der Waals surface area contributed by atoms with Gasteiger partial charge in [0.15, 0.2) is 0 Å². The van der Waals surface area contributed by atoms with Gasteiger partial charge in [0.25, 0.3) is 0 Å². The van der Waals surface area contributed by atoms with E-state index in [9.17, 15) is 5.11 Å². The minimum absolute atomic E-state index is 0.215. The van der Waals surface area contributed by atoms with E-state index in [1.54, 1.807) is 11.3 Å². The van der Waals surface area contributed by atoms with Gasteiger partial charge >= 0.3 is 0 Å². The molecule has 1 aromatic heterocycles. The summed E-state index contributed by atoms with van der Waals surface area (Å²) in [5.74, 6) is 0. The van der Waals surface area contributed by atoms with E-state index < -0.39 is 6.10 Å². The van der Waals surface area contributed by atoms with E-state index in [1.165, 1.54) is 4.88 Å². The van der Waals surface area contributed by atoms with E-state index in [-0.39, 0.29) is 6.10 Å². The highest BCUT2D eigenvalue weighted by atomic mass is 32.1. The van der Waals surface area contributed by atoms with Gasteiger partial charge in [0, 0.05) is 31.1 Å². The Labute approximate surface area is 131 Å². The molecule has 2 atom stereocenters. The van der Waals surface area contributed by atoms with Gasteiger partial charge in [-0.3, -0.25) is 4.90 Å². The Kier molecular flexibility index (Phi) is 7.39. The maximum Gasteiger partial charge on any atom is 0.0900 e. The third kappa shape index (κ3) is 6.28. The number of rotatable bonds is 10. The van der Waals surface area contributed by atoms with E-state index >= 15 is 0 Å². The van der Waals surface area contributed by atoms with Crippen LogP contribution in [0.2, 0.25) is 0 Å². The summed E-state index contributed by atoms with van der Waals surface area (Å²) in [5, 5.41) is 12.2. The average Bonchev–Trinajstić information content (AvgIpc) is 3.12. The van der Waals surface area contributed by atoms with Crippen molar-refractivity contribution in [2.24, 2.45) is 0 Å². The summed E-state index contributed by atoms with van der Waals surface area (Å²) < 4.78 is 11.1. The molecule has 1 saturated heterocycles. The zero-order chi connectivity index (χ0) is 14.9. The first-order valence-electron chi connectivity index (χ1n) is 7.51. The van der Waals surface area contributed by atoms with E-state index in [4.69, 9.17) is 9.47 Å². The van der Waals surface area contributed by atoms with Crippen molar-refractivity contribution in [3.05, 3.63) is 35.0 Å². The number of hydrogen-bond donors (Lipinski definition) is 1. The molecule has 1 aromatic rings. The third-order valence-corrected chi connectivity index (χ3v) is 4.31. The highest BCUT2D eigenvalue weighted by molar-refractivity contribution is 7.09. The van der Waals surface area contributed by atoms with Gasteiger partial charge in [0.05, 0.1) is 25.4 Å². The Bertz CT molecular complexity index is 390. The fourth-order valence-electron chi connectivity index (χ4n) is 2.47. The average molecular weight is 311 g/mol. The molecular formula is C16H25NO3S. The maximum atomic E-state index is 10.1. The Morgan fingerprint density at radius 2 is 2.52 bits per heavy atom. The van der Waals surface area contributed by atoms with E-state index in [1.807, 2.05) is 12.1 Å². The molecule has 0 aromatic carbocycles. The monoisotopic (exact) mass is 311 g/mol. The SMILES string of the molecule is C=CCN(Cc1cccs1)CC(O)COCC1CCCO1. The number of aliphatic hydroxyl groups excluding tert-OH is 1. The summed E-state index contributed by atoms with van der Waals surface area (Å²) in [5.41, 5.74) is 0. The molecule has 0 bridgehead atoms. The van der Waals surface area contributed by atoms with Crippen molar-refractivity contribution in [1.82, 2.24) is 4.90 Å². The van der Waals surface area contributed by atoms with Crippen LogP contribution in [0.15, 0.2) is 30.2 Å². The zero-order valence-corrected chi connectivity index (χ0v) is 13.3. The predicted octanol–water partition coefficient (Wildman–Crippen LogP) is 2.29. The number of aliphatic hydroxyl groups is 1. The first-order valence-corrected chi connectivity index (χ1v) is 8.39. The largest absolute Gasteiger partial charge is 0.389 e. The normalized spacial score (nSPS) is 20.0. The van der Waals surface area contributed by atoms with Gasteiger partial charge in [0.1, 0.15) is 0 Å². The zero-order valence-electron chi connectivity index (χ0n) is 12.4. The van der Waals surface area contributed by atoms with Gasteiger partial charge in [-0.15, -0.1) is 17.9 Å². The Morgan fingerprint density at radius 3 is 3.19 bits per heavy atom. The summed E-state index contributed by atoms with van der Waals surface area (Å²) in [7, 11) is 0. The first kappa shape index (κ1) is 16.6. The molecule has 0 radical (unpaired) electrons. The van der Waals surface area contributed by atoms with Crippen molar-refractivity contribution in [2.75, 3.05) is 32.9 Å². The van der Waals surface area contributed by atoms with Crippen molar-refractivity contribution < 1.29 is 14.6 Å². The van der Waals surface area contributed by atoms with E-state index in [2.05, 4.69) is 22.9 Å². The predicted molar refractivity (Wildman–Crippen MR) is 85.6 cm³/mol. The fraction of sp³-hybridized carbons (Fsp3) is 0.625. The summed E-state index contributed by atoms with van der Waals surface area (Å²) in [6, 6.07) is 4.16. The second-order valence-electron chi connectivity index (χ2n) is 5.39. The Morgan fingerprint density at radius 1 is 1.62 bits per heavy atom. The molecule has 1 N–H and O–H groups in total. The minimum Gasteiger partial charge on any atom is -0.389 e. The summed E-state index contributed by atoms with van der Waals surface area (Å²) in [4.78, 5) is 3.48. The number of hydrogen-bond acceptors (Lipinski definition) is 5. The van der Waals surface area contributed by atoms with Crippen LogP contribution >= 0.6 is 11.3 Å². The topological polar surface area (TPSA) is 41.9 Å². The smallest absolute Gasteiger partial charge is 0.0900 e. The lowest BCUT2D eigenvalue weighted by molar-refractivity contribution is -0.0248. The molecule has 2 heterocycles. The molecule has 2 unspecified atom stereocenters. The van der Waals surface area contributed by atoms with Crippen LogP contribution < -0.4 is 0 Å². The molecule has 5 heteroatoms.